The number of aromatic nitrogens is 2. The Kier molecular flexibility index (Phi) is 6.35. The molecule has 9 heteroatoms. The topological polar surface area (TPSA) is 95.6 Å². The lowest BCUT2D eigenvalue weighted by molar-refractivity contribution is -0.122. The third-order valence-electron chi connectivity index (χ3n) is 5.97. The van der Waals surface area contributed by atoms with E-state index in [4.69, 9.17) is 25.5 Å². The molecule has 1 aromatic heterocycles. The number of fused-ring (bicyclic) bond motifs is 3. The maximum absolute atomic E-state index is 12.9. The van der Waals surface area contributed by atoms with Crippen molar-refractivity contribution < 1.29 is 18.7 Å². The van der Waals surface area contributed by atoms with Crippen molar-refractivity contribution >= 4 is 29.7 Å². The van der Waals surface area contributed by atoms with Gasteiger partial charge >= 0.3 is 5.76 Å². The molecule has 4 aromatic rings. The number of methoxy groups -OCH3 is 2. The van der Waals surface area contributed by atoms with Gasteiger partial charge < -0.3 is 19.2 Å². The standard InChI is InChI=1S/C27H22ClN3O5/c1-34-21-13-11-16(24(28)26(21)35-2)12-14-23-30-31(27(33)36-23)15-22(32)29-25-19-9-5-3-7-17(19)18-8-4-6-10-20(18)25/h3-14,25H,15H2,1-2H3,(H,29,32). The maximum Gasteiger partial charge on any atom is 0.437 e. The molecule has 1 aliphatic carbocycles. The van der Waals surface area contributed by atoms with Crippen LogP contribution in [0.25, 0.3) is 23.3 Å². The molecule has 5 rings (SSSR count). The van der Waals surface area contributed by atoms with Crippen LogP contribution < -0.4 is 20.5 Å². The van der Waals surface area contributed by atoms with Gasteiger partial charge in [0, 0.05) is 6.08 Å². The fourth-order valence-corrected chi connectivity index (χ4v) is 4.63. The van der Waals surface area contributed by atoms with Gasteiger partial charge in [-0.2, -0.15) is 4.68 Å². The molecule has 1 heterocycles. The molecule has 0 saturated heterocycles. The lowest BCUT2D eigenvalue weighted by atomic mass is 10.1. The number of carbonyl (C=O) groups is 1. The van der Waals surface area contributed by atoms with Crippen molar-refractivity contribution in [3.63, 3.8) is 0 Å². The van der Waals surface area contributed by atoms with E-state index in [9.17, 15) is 9.59 Å². The van der Waals surface area contributed by atoms with E-state index in [1.807, 2.05) is 48.5 Å². The van der Waals surface area contributed by atoms with E-state index >= 15 is 0 Å². The van der Waals surface area contributed by atoms with Crippen molar-refractivity contribution in [2.45, 2.75) is 12.6 Å². The quantitative estimate of drug-likeness (QED) is 0.397. The first kappa shape index (κ1) is 23.4. The predicted molar refractivity (Wildman–Crippen MR) is 136 cm³/mol. The van der Waals surface area contributed by atoms with Crippen molar-refractivity contribution in [1.29, 1.82) is 0 Å². The lowest BCUT2D eigenvalue weighted by Gasteiger charge is -2.15. The van der Waals surface area contributed by atoms with Crippen LogP contribution in [0.2, 0.25) is 5.02 Å². The number of benzene rings is 3. The zero-order valence-corrected chi connectivity index (χ0v) is 20.3. The smallest absolute Gasteiger partial charge is 0.437 e. The first-order valence-corrected chi connectivity index (χ1v) is 11.5. The van der Waals surface area contributed by atoms with Gasteiger partial charge in [0.1, 0.15) is 6.54 Å². The van der Waals surface area contributed by atoms with Gasteiger partial charge in [-0.1, -0.05) is 60.1 Å². The number of hydrogen-bond acceptors (Lipinski definition) is 6. The monoisotopic (exact) mass is 503 g/mol. The second-order valence-corrected chi connectivity index (χ2v) is 8.45. The van der Waals surface area contributed by atoms with E-state index in [0.717, 1.165) is 26.9 Å². The Bertz CT molecular complexity index is 1490. The predicted octanol–water partition coefficient (Wildman–Crippen LogP) is 4.56. The Morgan fingerprint density at radius 1 is 1.03 bits per heavy atom. The minimum absolute atomic E-state index is 0.0372. The van der Waals surface area contributed by atoms with Crippen LogP contribution in [0.1, 0.15) is 28.6 Å². The molecular formula is C27H22ClN3O5. The summed E-state index contributed by atoms with van der Waals surface area (Å²) in [5.41, 5.74) is 4.80. The van der Waals surface area contributed by atoms with Gasteiger partial charge in [0.2, 0.25) is 11.8 Å². The van der Waals surface area contributed by atoms with E-state index in [-0.39, 0.29) is 24.4 Å². The molecule has 182 valence electrons. The van der Waals surface area contributed by atoms with Gasteiger partial charge in [-0.15, -0.1) is 5.10 Å². The molecule has 0 fully saturated rings. The van der Waals surface area contributed by atoms with Crippen LogP contribution in [0.15, 0.2) is 69.9 Å². The second-order valence-electron chi connectivity index (χ2n) is 8.08. The average molecular weight is 504 g/mol. The van der Waals surface area contributed by atoms with Crippen molar-refractivity contribution in [2.24, 2.45) is 0 Å². The van der Waals surface area contributed by atoms with E-state index in [0.29, 0.717) is 22.1 Å². The molecule has 3 aromatic carbocycles. The van der Waals surface area contributed by atoms with Gasteiger partial charge in [-0.25, -0.2) is 4.79 Å². The summed E-state index contributed by atoms with van der Waals surface area (Å²) >= 11 is 6.39. The maximum atomic E-state index is 12.9. The molecule has 0 unspecified atom stereocenters. The third kappa shape index (κ3) is 4.27. The molecule has 0 aliphatic heterocycles. The Morgan fingerprint density at radius 2 is 1.69 bits per heavy atom. The van der Waals surface area contributed by atoms with Crippen LogP contribution >= 0.6 is 11.6 Å². The van der Waals surface area contributed by atoms with Gasteiger partial charge in [-0.05, 0) is 46.0 Å². The number of nitrogens with one attached hydrogen (secondary N) is 1. The van der Waals surface area contributed by atoms with E-state index in [1.54, 1.807) is 18.2 Å². The number of nitrogens with zero attached hydrogens (tertiary/aromatic N) is 2. The van der Waals surface area contributed by atoms with Crippen LogP contribution in [0.4, 0.5) is 0 Å². The highest BCUT2D eigenvalue weighted by atomic mass is 35.5. The van der Waals surface area contributed by atoms with Gasteiger partial charge in [0.05, 0.1) is 25.3 Å². The molecule has 8 nitrogen and oxygen atoms in total. The summed E-state index contributed by atoms with van der Waals surface area (Å²) in [4.78, 5) is 25.2. The number of halogens is 1. The zero-order chi connectivity index (χ0) is 25.2. The van der Waals surface area contributed by atoms with Crippen molar-refractivity contribution in [3.8, 4) is 22.6 Å². The number of amides is 1. The van der Waals surface area contributed by atoms with Crippen LogP contribution in [0, 0.1) is 0 Å². The number of hydrogen-bond donors (Lipinski definition) is 1. The molecule has 1 aliphatic rings. The summed E-state index contributed by atoms with van der Waals surface area (Å²) in [5, 5.41) is 7.49. The molecular weight excluding hydrogens is 482 g/mol. The Morgan fingerprint density at radius 3 is 2.33 bits per heavy atom. The number of rotatable bonds is 7. The highest BCUT2D eigenvalue weighted by molar-refractivity contribution is 6.34. The van der Waals surface area contributed by atoms with E-state index in [2.05, 4.69) is 10.4 Å². The normalized spacial score (nSPS) is 12.4. The average Bonchev–Trinajstić information content (AvgIpc) is 3.40. The fraction of sp³-hybridized carbons (Fsp3) is 0.148. The van der Waals surface area contributed by atoms with E-state index < -0.39 is 5.76 Å². The third-order valence-corrected chi connectivity index (χ3v) is 6.36. The number of ether oxygens (including phenoxy) is 2. The molecule has 1 amide bonds. The summed E-state index contributed by atoms with van der Waals surface area (Å²) in [6, 6.07) is 19.0. The van der Waals surface area contributed by atoms with Crippen molar-refractivity contribution in [1.82, 2.24) is 15.1 Å². The molecule has 1 N–H and O–H groups in total. The van der Waals surface area contributed by atoms with Crippen LogP contribution in [-0.4, -0.2) is 29.9 Å². The first-order valence-electron chi connectivity index (χ1n) is 11.1. The molecule has 0 bridgehead atoms. The molecule has 0 atom stereocenters. The van der Waals surface area contributed by atoms with Gasteiger partial charge in [-0.3, -0.25) is 4.79 Å². The molecule has 0 saturated carbocycles. The Balaban J connectivity index is 1.32. The lowest BCUT2D eigenvalue weighted by Crippen LogP contribution is -2.34. The Hall–Kier alpha value is -4.30. The molecule has 36 heavy (non-hydrogen) atoms. The summed E-state index contributed by atoms with van der Waals surface area (Å²) in [6.07, 6.45) is 3.12. The highest BCUT2D eigenvalue weighted by Gasteiger charge is 2.29. The van der Waals surface area contributed by atoms with Crippen LogP contribution in [0.5, 0.6) is 11.5 Å². The SMILES string of the molecule is COc1ccc(C=Cc2nn(CC(=O)NC3c4ccccc4-c4ccccc43)c(=O)o2)c(Cl)c1OC. The van der Waals surface area contributed by atoms with E-state index in [1.165, 1.54) is 20.3 Å². The minimum atomic E-state index is -0.740. The zero-order valence-electron chi connectivity index (χ0n) is 19.5. The largest absolute Gasteiger partial charge is 0.493 e. The summed E-state index contributed by atoms with van der Waals surface area (Å²) in [5.74, 6) is -0.181. The van der Waals surface area contributed by atoms with Crippen LogP contribution in [0.3, 0.4) is 0 Å². The summed E-state index contributed by atoms with van der Waals surface area (Å²) in [7, 11) is 3.01. The fourth-order valence-electron chi connectivity index (χ4n) is 4.34. The van der Waals surface area contributed by atoms with Crippen LogP contribution in [-0.2, 0) is 11.3 Å². The summed E-state index contributed by atoms with van der Waals surface area (Å²) < 4.78 is 16.7. The highest BCUT2D eigenvalue weighted by Crippen LogP contribution is 2.43. The van der Waals surface area contributed by atoms with Gasteiger partial charge in [0.25, 0.3) is 0 Å². The minimum Gasteiger partial charge on any atom is -0.493 e. The second kappa shape index (κ2) is 9.75. The molecule has 0 spiro atoms. The van der Waals surface area contributed by atoms with Gasteiger partial charge in [0.15, 0.2) is 11.5 Å². The number of carbonyl (C=O) groups excluding carboxylic acids is 1. The molecule has 0 radical (unpaired) electrons. The summed E-state index contributed by atoms with van der Waals surface area (Å²) in [6.45, 7) is -0.284. The first-order chi connectivity index (χ1) is 17.5. The Labute approximate surface area is 211 Å². The van der Waals surface area contributed by atoms with Crippen molar-refractivity contribution in [2.75, 3.05) is 14.2 Å². The van der Waals surface area contributed by atoms with Crippen molar-refractivity contribution in [3.05, 3.63) is 98.8 Å².